The Morgan fingerprint density at radius 3 is 2.95 bits per heavy atom. The van der Waals surface area contributed by atoms with Gasteiger partial charge in [0.15, 0.2) is 0 Å². The highest BCUT2D eigenvalue weighted by Gasteiger charge is 2.09. The lowest BCUT2D eigenvalue weighted by Gasteiger charge is -2.08. The number of carbonyl (C=O) groups excluding carboxylic acids is 1. The van der Waals surface area contributed by atoms with E-state index in [0.29, 0.717) is 30.9 Å². The number of carbonyl (C=O) groups is 1. The molecule has 0 aliphatic carbocycles. The maximum Gasteiger partial charge on any atom is 0.252 e. The first kappa shape index (κ1) is 15.2. The second kappa shape index (κ2) is 8.30. The van der Waals surface area contributed by atoms with Crippen LogP contribution in [-0.2, 0) is 4.74 Å². The maximum atomic E-state index is 12.1. The number of aryl methyl sites for hydroxylation is 1. The summed E-state index contributed by atoms with van der Waals surface area (Å²) in [6, 6.07) is 5.60. The van der Waals surface area contributed by atoms with Crippen LogP contribution in [-0.4, -0.2) is 32.2 Å². The van der Waals surface area contributed by atoms with Gasteiger partial charge >= 0.3 is 0 Å². The third-order valence-electron chi connectivity index (χ3n) is 2.48. The summed E-state index contributed by atoms with van der Waals surface area (Å²) in [6.45, 7) is 5.79. The average Bonchev–Trinajstić information content (AvgIpc) is 2.42. The standard InChI is InChI=1S/C15H20N2O2/c1-3-19-10-9-17-15(18)14-11-12(2)6-7-13(14)5-4-8-16/h6-7,11H,3,8-10,16H2,1-2H3,(H,17,18). The fourth-order valence-corrected chi connectivity index (χ4v) is 1.58. The monoisotopic (exact) mass is 260 g/mol. The van der Waals surface area contributed by atoms with Crippen LogP contribution in [0.25, 0.3) is 0 Å². The zero-order valence-electron chi connectivity index (χ0n) is 11.5. The lowest BCUT2D eigenvalue weighted by molar-refractivity contribution is 0.0922. The SMILES string of the molecule is CCOCCNC(=O)c1cc(C)ccc1C#CCN. The highest BCUT2D eigenvalue weighted by atomic mass is 16.5. The Kier molecular flexibility index (Phi) is 6.65. The molecule has 102 valence electrons. The number of amides is 1. The Bertz CT molecular complexity index is 487. The minimum Gasteiger partial charge on any atom is -0.380 e. The zero-order chi connectivity index (χ0) is 14.1. The first-order valence-electron chi connectivity index (χ1n) is 6.34. The molecule has 0 radical (unpaired) electrons. The highest BCUT2D eigenvalue weighted by molar-refractivity contribution is 5.96. The van der Waals surface area contributed by atoms with Gasteiger partial charge in [-0.25, -0.2) is 0 Å². The van der Waals surface area contributed by atoms with Crippen molar-refractivity contribution in [2.75, 3.05) is 26.3 Å². The molecule has 4 nitrogen and oxygen atoms in total. The molecule has 1 amide bonds. The Balaban J connectivity index is 2.79. The molecule has 0 saturated carbocycles. The fourth-order valence-electron chi connectivity index (χ4n) is 1.58. The van der Waals surface area contributed by atoms with Gasteiger partial charge in [-0.1, -0.05) is 23.5 Å². The van der Waals surface area contributed by atoms with Crippen LogP contribution in [0, 0.1) is 18.8 Å². The third-order valence-corrected chi connectivity index (χ3v) is 2.48. The summed E-state index contributed by atoms with van der Waals surface area (Å²) in [5.41, 5.74) is 7.66. The number of ether oxygens (including phenoxy) is 1. The molecule has 0 bridgehead atoms. The third kappa shape index (κ3) is 5.12. The van der Waals surface area contributed by atoms with Crippen LogP contribution in [0.2, 0.25) is 0 Å². The minimum atomic E-state index is -0.135. The second-order valence-corrected chi connectivity index (χ2v) is 4.01. The molecule has 0 unspecified atom stereocenters. The van der Waals surface area contributed by atoms with E-state index >= 15 is 0 Å². The molecule has 19 heavy (non-hydrogen) atoms. The van der Waals surface area contributed by atoms with Crippen LogP contribution >= 0.6 is 0 Å². The van der Waals surface area contributed by atoms with Crippen molar-refractivity contribution in [1.29, 1.82) is 0 Å². The lowest BCUT2D eigenvalue weighted by Crippen LogP contribution is -2.28. The molecule has 0 spiro atoms. The highest BCUT2D eigenvalue weighted by Crippen LogP contribution is 2.10. The Morgan fingerprint density at radius 2 is 2.26 bits per heavy atom. The van der Waals surface area contributed by atoms with Gasteiger partial charge in [-0.2, -0.15) is 0 Å². The summed E-state index contributed by atoms with van der Waals surface area (Å²) in [7, 11) is 0. The van der Waals surface area contributed by atoms with Gasteiger partial charge in [0.25, 0.3) is 5.91 Å². The zero-order valence-corrected chi connectivity index (χ0v) is 11.5. The van der Waals surface area contributed by atoms with Crippen molar-refractivity contribution in [3.8, 4) is 11.8 Å². The predicted octanol–water partition coefficient (Wildman–Crippen LogP) is 1.07. The van der Waals surface area contributed by atoms with Crippen molar-refractivity contribution in [3.63, 3.8) is 0 Å². The normalized spacial score (nSPS) is 9.63. The summed E-state index contributed by atoms with van der Waals surface area (Å²) in [5.74, 6) is 5.55. The molecule has 0 aromatic heterocycles. The van der Waals surface area contributed by atoms with Gasteiger partial charge in [-0.15, -0.1) is 0 Å². The van der Waals surface area contributed by atoms with Gasteiger partial charge in [0.05, 0.1) is 18.7 Å². The van der Waals surface area contributed by atoms with E-state index in [1.165, 1.54) is 0 Å². The van der Waals surface area contributed by atoms with E-state index in [2.05, 4.69) is 17.2 Å². The lowest BCUT2D eigenvalue weighted by atomic mass is 10.0. The van der Waals surface area contributed by atoms with Crippen LogP contribution in [0.4, 0.5) is 0 Å². The van der Waals surface area contributed by atoms with Crippen molar-refractivity contribution < 1.29 is 9.53 Å². The largest absolute Gasteiger partial charge is 0.380 e. The number of benzene rings is 1. The molecule has 0 atom stereocenters. The van der Waals surface area contributed by atoms with E-state index in [-0.39, 0.29) is 12.5 Å². The molecular weight excluding hydrogens is 240 g/mol. The van der Waals surface area contributed by atoms with E-state index in [1.807, 2.05) is 32.0 Å². The number of nitrogens with two attached hydrogens (primary N) is 1. The van der Waals surface area contributed by atoms with Crippen LogP contribution in [0.3, 0.4) is 0 Å². The van der Waals surface area contributed by atoms with E-state index in [9.17, 15) is 4.79 Å². The van der Waals surface area contributed by atoms with E-state index < -0.39 is 0 Å². The van der Waals surface area contributed by atoms with Gasteiger partial charge in [-0.3, -0.25) is 4.79 Å². The van der Waals surface area contributed by atoms with Crippen molar-refractivity contribution in [2.45, 2.75) is 13.8 Å². The molecule has 3 N–H and O–H groups in total. The van der Waals surface area contributed by atoms with Crippen LogP contribution in [0.1, 0.15) is 28.4 Å². The van der Waals surface area contributed by atoms with E-state index in [1.54, 1.807) is 0 Å². The topological polar surface area (TPSA) is 64.3 Å². The molecule has 0 saturated heterocycles. The molecule has 1 aromatic carbocycles. The van der Waals surface area contributed by atoms with Gasteiger partial charge in [-0.05, 0) is 26.0 Å². The number of rotatable bonds is 5. The van der Waals surface area contributed by atoms with Crippen LogP contribution < -0.4 is 11.1 Å². The molecule has 1 rings (SSSR count). The van der Waals surface area contributed by atoms with Gasteiger partial charge in [0, 0.05) is 18.7 Å². The number of hydrogen-bond acceptors (Lipinski definition) is 3. The Labute approximate surface area is 114 Å². The number of hydrogen-bond donors (Lipinski definition) is 2. The van der Waals surface area contributed by atoms with Crippen molar-refractivity contribution in [2.24, 2.45) is 5.73 Å². The minimum absolute atomic E-state index is 0.135. The molecule has 0 aliphatic rings. The summed E-state index contributed by atoms with van der Waals surface area (Å²) in [5, 5.41) is 2.81. The van der Waals surface area contributed by atoms with E-state index in [4.69, 9.17) is 10.5 Å². The Hall–Kier alpha value is -1.83. The van der Waals surface area contributed by atoms with Crippen molar-refractivity contribution in [3.05, 3.63) is 34.9 Å². The van der Waals surface area contributed by atoms with Gasteiger partial charge in [0.1, 0.15) is 0 Å². The molecule has 4 heteroatoms. The fraction of sp³-hybridized carbons (Fsp3) is 0.400. The first-order chi connectivity index (χ1) is 9.19. The predicted molar refractivity (Wildman–Crippen MR) is 75.9 cm³/mol. The molecule has 0 fully saturated rings. The van der Waals surface area contributed by atoms with Crippen LogP contribution in [0.15, 0.2) is 18.2 Å². The van der Waals surface area contributed by atoms with Crippen LogP contribution in [0.5, 0.6) is 0 Å². The summed E-state index contributed by atoms with van der Waals surface area (Å²) < 4.78 is 5.18. The summed E-state index contributed by atoms with van der Waals surface area (Å²) >= 11 is 0. The smallest absolute Gasteiger partial charge is 0.252 e. The summed E-state index contributed by atoms with van der Waals surface area (Å²) in [4.78, 5) is 12.1. The van der Waals surface area contributed by atoms with Gasteiger partial charge in [0.2, 0.25) is 0 Å². The molecule has 0 aliphatic heterocycles. The first-order valence-corrected chi connectivity index (χ1v) is 6.34. The molecular formula is C15H20N2O2. The second-order valence-electron chi connectivity index (χ2n) is 4.01. The molecule has 1 aromatic rings. The van der Waals surface area contributed by atoms with E-state index in [0.717, 1.165) is 5.56 Å². The van der Waals surface area contributed by atoms with Gasteiger partial charge < -0.3 is 15.8 Å². The quantitative estimate of drug-likeness (QED) is 0.615. The maximum absolute atomic E-state index is 12.1. The Morgan fingerprint density at radius 1 is 1.47 bits per heavy atom. The number of nitrogens with one attached hydrogen (secondary N) is 1. The van der Waals surface area contributed by atoms with Crippen molar-refractivity contribution >= 4 is 5.91 Å². The molecule has 0 heterocycles. The van der Waals surface area contributed by atoms with Crippen molar-refractivity contribution in [1.82, 2.24) is 5.32 Å². The summed E-state index contributed by atoms with van der Waals surface area (Å²) in [6.07, 6.45) is 0. The average molecular weight is 260 g/mol.